The van der Waals surface area contributed by atoms with Gasteiger partial charge in [0.1, 0.15) is 0 Å². The molecule has 0 spiro atoms. The molecule has 0 aromatic heterocycles. The van der Waals surface area contributed by atoms with Crippen LogP contribution in [-0.4, -0.2) is 34.9 Å². The van der Waals surface area contributed by atoms with E-state index in [2.05, 4.69) is 19.2 Å². The van der Waals surface area contributed by atoms with E-state index < -0.39 is 12.1 Å². The molecule has 0 aliphatic heterocycles. The highest BCUT2D eigenvalue weighted by Crippen LogP contribution is 2.17. The van der Waals surface area contributed by atoms with Crippen molar-refractivity contribution in [3.8, 4) is 0 Å². The van der Waals surface area contributed by atoms with Crippen molar-refractivity contribution in [1.29, 1.82) is 0 Å². The normalized spacial score (nSPS) is 12.8. The highest BCUT2D eigenvalue weighted by Gasteiger charge is 2.20. The third-order valence-corrected chi connectivity index (χ3v) is 11.4. The fraction of sp³-hybridized carbons (Fsp3) is 0.979. The number of carbonyl (C=O) groups excluding carboxylic acids is 1. The van der Waals surface area contributed by atoms with Crippen LogP contribution < -0.4 is 5.32 Å². The lowest BCUT2D eigenvalue weighted by Crippen LogP contribution is -2.45. The minimum Gasteiger partial charge on any atom is -0.394 e. The summed E-state index contributed by atoms with van der Waals surface area (Å²) in [4.78, 5) is 12.4. The van der Waals surface area contributed by atoms with Crippen LogP contribution in [0.5, 0.6) is 0 Å². The Hall–Kier alpha value is -0.610. The number of nitrogens with one attached hydrogen (secondary N) is 1. The van der Waals surface area contributed by atoms with Crippen LogP contribution in [-0.2, 0) is 4.79 Å². The maximum atomic E-state index is 12.4. The number of carbonyl (C=O) groups is 1. The topological polar surface area (TPSA) is 69.6 Å². The first kappa shape index (κ1) is 50.4. The summed E-state index contributed by atoms with van der Waals surface area (Å²) in [6.07, 6.45) is 53.4. The van der Waals surface area contributed by atoms with Gasteiger partial charge >= 0.3 is 0 Å². The largest absolute Gasteiger partial charge is 0.394 e. The van der Waals surface area contributed by atoms with Gasteiger partial charge in [0.15, 0.2) is 0 Å². The van der Waals surface area contributed by atoms with Crippen molar-refractivity contribution in [3.63, 3.8) is 0 Å². The first-order valence-corrected chi connectivity index (χ1v) is 23.7. The predicted octanol–water partition coefficient (Wildman–Crippen LogP) is 14.9. The van der Waals surface area contributed by atoms with Gasteiger partial charge < -0.3 is 15.5 Å². The molecule has 0 aromatic carbocycles. The summed E-state index contributed by atoms with van der Waals surface area (Å²) in [5.41, 5.74) is 0. The minimum absolute atomic E-state index is 0.0246. The van der Waals surface area contributed by atoms with E-state index in [1.54, 1.807) is 0 Å². The number of rotatable bonds is 44. The molecule has 2 unspecified atom stereocenters. The van der Waals surface area contributed by atoms with Gasteiger partial charge in [-0.1, -0.05) is 258 Å². The van der Waals surface area contributed by atoms with Crippen molar-refractivity contribution < 1.29 is 15.0 Å². The molecule has 0 heterocycles. The van der Waals surface area contributed by atoms with Gasteiger partial charge in [0.2, 0.25) is 5.91 Å². The zero-order valence-electron chi connectivity index (χ0n) is 35.2. The second kappa shape index (κ2) is 43.8. The summed E-state index contributed by atoms with van der Waals surface area (Å²) in [7, 11) is 0. The van der Waals surface area contributed by atoms with E-state index in [0.29, 0.717) is 12.8 Å². The Kier molecular flexibility index (Phi) is 43.3. The van der Waals surface area contributed by atoms with Crippen molar-refractivity contribution in [3.05, 3.63) is 0 Å². The van der Waals surface area contributed by atoms with Crippen LogP contribution in [0.4, 0.5) is 0 Å². The molecular weight excluding hydrogens is 627 g/mol. The third kappa shape index (κ3) is 40.4. The summed E-state index contributed by atoms with van der Waals surface area (Å²) in [5, 5.41) is 23.2. The molecule has 0 aliphatic rings. The van der Waals surface area contributed by atoms with Crippen LogP contribution in [0.25, 0.3) is 0 Å². The summed E-state index contributed by atoms with van der Waals surface area (Å²) in [6, 6.07) is -0.529. The van der Waals surface area contributed by atoms with Crippen molar-refractivity contribution in [2.75, 3.05) is 6.61 Å². The Morgan fingerprint density at radius 2 is 0.627 bits per heavy atom. The van der Waals surface area contributed by atoms with Crippen molar-refractivity contribution in [1.82, 2.24) is 5.32 Å². The average molecular weight is 722 g/mol. The first-order valence-electron chi connectivity index (χ1n) is 23.7. The van der Waals surface area contributed by atoms with Gasteiger partial charge in [-0.3, -0.25) is 4.79 Å². The van der Waals surface area contributed by atoms with Crippen LogP contribution >= 0.6 is 0 Å². The highest BCUT2D eigenvalue weighted by molar-refractivity contribution is 5.76. The molecule has 0 saturated carbocycles. The Balaban J connectivity index is 3.42. The third-order valence-electron chi connectivity index (χ3n) is 11.4. The highest BCUT2D eigenvalue weighted by atomic mass is 16.3. The first-order chi connectivity index (χ1) is 25.2. The van der Waals surface area contributed by atoms with Crippen LogP contribution in [0.1, 0.15) is 277 Å². The molecule has 0 rings (SSSR count). The second-order valence-electron chi connectivity index (χ2n) is 16.5. The molecule has 1 amide bonds. The molecule has 4 heteroatoms. The van der Waals surface area contributed by atoms with Gasteiger partial charge in [-0.25, -0.2) is 0 Å². The predicted molar refractivity (Wildman–Crippen MR) is 226 cm³/mol. The second-order valence-corrected chi connectivity index (χ2v) is 16.5. The smallest absolute Gasteiger partial charge is 0.220 e. The molecular formula is C47H95NO3. The number of aliphatic hydroxyl groups is 2. The fourth-order valence-electron chi connectivity index (χ4n) is 7.72. The molecule has 0 saturated heterocycles. The molecule has 3 N–H and O–H groups in total. The molecule has 4 nitrogen and oxygen atoms in total. The maximum Gasteiger partial charge on any atom is 0.220 e. The van der Waals surface area contributed by atoms with E-state index in [1.165, 1.54) is 225 Å². The summed E-state index contributed by atoms with van der Waals surface area (Å²) >= 11 is 0. The molecule has 51 heavy (non-hydrogen) atoms. The Morgan fingerprint density at radius 1 is 0.392 bits per heavy atom. The van der Waals surface area contributed by atoms with Gasteiger partial charge in [-0.05, 0) is 12.8 Å². The molecule has 0 aromatic rings. The number of aliphatic hydroxyl groups excluding tert-OH is 2. The lowest BCUT2D eigenvalue weighted by atomic mass is 10.0. The van der Waals surface area contributed by atoms with Crippen LogP contribution in [0.15, 0.2) is 0 Å². The molecule has 0 fully saturated rings. The summed E-state index contributed by atoms with van der Waals surface area (Å²) in [5.74, 6) is -0.0246. The Bertz CT molecular complexity index is 655. The van der Waals surface area contributed by atoms with Crippen molar-refractivity contribution in [2.24, 2.45) is 0 Å². The standard InChI is InChI=1S/C47H95NO3/c1-3-5-7-9-11-13-15-17-19-20-21-22-23-24-25-26-27-29-31-33-35-37-39-41-43-47(51)48-45(44-49)46(50)42-40-38-36-34-32-30-28-18-16-14-12-10-8-6-4-2/h45-46,49-50H,3-44H2,1-2H3,(H,48,51). The van der Waals surface area contributed by atoms with E-state index in [4.69, 9.17) is 0 Å². The number of hydrogen-bond donors (Lipinski definition) is 3. The van der Waals surface area contributed by atoms with E-state index in [1.807, 2.05) is 0 Å². The molecule has 306 valence electrons. The lowest BCUT2D eigenvalue weighted by Gasteiger charge is -2.22. The Labute approximate surface area is 321 Å². The van der Waals surface area contributed by atoms with Gasteiger partial charge in [-0.2, -0.15) is 0 Å². The number of hydrogen-bond acceptors (Lipinski definition) is 3. The van der Waals surface area contributed by atoms with Gasteiger partial charge in [0.05, 0.1) is 18.8 Å². The molecule has 0 aliphatic carbocycles. The number of unbranched alkanes of at least 4 members (excludes halogenated alkanes) is 37. The lowest BCUT2D eigenvalue weighted by molar-refractivity contribution is -0.123. The van der Waals surface area contributed by atoms with E-state index in [0.717, 1.165) is 25.7 Å². The average Bonchev–Trinajstić information content (AvgIpc) is 3.13. The zero-order chi connectivity index (χ0) is 37.1. The SMILES string of the molecule is CCCCCCCCCCCCCCCCCCCCCCCCCCC(=O)NC(CO)C(O)CCCCCCCCCCCCCCCCC. The van der Waals surface area contributed by atoms with Crippen LogP contribution in [0.3, 0.4) is 0 Å². The van der Waals surface area contributed by atoms with Crippen molar-refractivity contribution in [2.45, 2.75) is 289 Å². The Morgan fingerprint density at radius 3 is 0.882 bits per heavy atom. The van der Waals surface area contributed by atoms with E-state index in [-0.39, 0.29) is 12.5 Å². The summed E-state index contributed by atoms with van der Waals surface area (Å²) < 4.78 is 0. The van der Waals surface area contributed by atoms with Crippen molar-refractivity contribution >= 4 is 5.91 Å². The maximum absolute atomic E-state index is 12.4. The van der Waals surface area contributed by atoms with E-state index in [9.17, 15) is 15.0 Å². The van der Waals surface area contributed by atoms with Crippen LogP contribution in [0, 0.1) is 0 Å². The fourth-order valence-corrected chi connectivity index (χ4v) is 7.72. The van der Waals surface area contributed by atoms with Gasteiger partial charge in [0, 0.05) is 6.42 Å². The van der Waals surface area contributed by atoms with E-state index >= 15 is 0 Å². The zero-order valence-corrected chi connectivity index (χ0v) is 35.2. The quantitative estimate of drug-likeness (QED) is 0.0549. The summed E-state index contributed by atoms with van der Waals surface area (Å²) in [6.45, 7) is 4.39. The monoisotopic (exact) mass is 722 g/mol. The minimum atomic E-state index is -0.653. The number of amides is 1. The van der Waals surface area contributed by atoms with Crippen LogP contribution in [0.2, 0.25) is 0 Å². The molecule has 2 atom stereocenters. The van der Waals surface area contributed by atoms with Gasteiger partial charge in [-0.15, -0.1) is 0 Å². The van der Waals surface area contributed by atoms with Gasteiger partial charge in [0.25, 0.3) is 0 Å². The molecule has 0 bridgehead atoms. The molecule has 0 radical (unpaired) electrons.